The van der Waals surface area contributed by atoms with Crippen LogP contribution in [0.15, 0.2) is 18.6 Å². The highest BCUT2D eigenvalue weighted by atomic mass is 16.4. The summed E-state index contributed by atoms with van der Waals surface area (Å²) in [6, 6.07) is 0.170. The van der Waals surface area contributed by atoms with Gasteiger partial charge in [0.15, 0.2) is 0 Å². The van der Waals surface area contributed by atoms with Crippen molar-refractivity contribution in [2.75, 3.05) is 5.32 Å². The molecule has 0 saturated carbocycles. The van der Waals surface area contributed by atoms with Crippen LogP contribution in [-0.4, -0.2) is 36.5 Å². The molecule has 0 saturated heterocycles. The molecule has 2 aromatic heterocycles. The third-order valence-corrected chi connectivity index (χ3v) is 2.88. The molecule has 2 aromatic rings. The summed E-state index contributed by atoms with van der Waals surface area (Å²) in [4.78, 5) is 22.8. The van der Waals surface area contributed by atoms with Crippen molar-refractivity contribution >= 4 is 17.6 Å². The molecule has 2 heterocycles. The SMILES string of the molecule is Cc1nn(C(C)C)cc1C(=O)Nc1cnn(CC(=O)O)c1. The smallest absolute Gasteiger partial charge is 0.325 e. The molecule has 0 atom stereocenters. The fourth-order valence-electron chi connectivity index (χ4n) is 1.82. The standard InChI is InChI=1S/C13H17N5O3/c1-8(2)18-6-11(9(3)16-18)13(21)15-10-4-14-17(5-10)7-12(19)20/h4-6,8H,7H2,1-3H3,(H,15,21)(H,19,20). The van der Waals surface area contributed by atoms with Crippen molar-refractivity contribution in [2.24, 2.45) is 0 Å². The highest BCUT2D eigenvalue weighted by Gasteiger charge is 2.15. The van der Waals surface area contributed by atoms with Crippen molar-refractivity contribution in [3.63, 3.8) is 0 Å². The van der Waals surface area contributed by atoms with E-state index in [1.165, 1.54) is 17.1 Å². The minimum Gasteiger partial charge on any atom is -0.480 e. The molecule has 0 bridgehead atoms. The molecular formula is C13H17N5O3. The van der Waals surface area contributed by atoms with Crippen LogP contribution in [0.4, 0.5) is 5.69 Å². The molecule has 0 aromatic carbocycles. The molecule has 0 aliphatic carbocycles. The Hall–Kier alpha value is -2.64. The maximum absolute atomic E-state index is 12.2. The van der Waals surface area contributed by atoms with Gasteiger partial charge in [-0.05, 0) is 20.8 Å². The van der Waals surface area contributed by atoms with E-state index in [1.54, 1.807) is 17.8 Å². The van der Waals surface area contributed by atoms with Gasteiger partial charge < -0.3 is 10.4 Å². The summed E-state index contributed by atoms with van der Waals surface area (Å²) < 4.78 is 2.96. The van der Waals surface area contributed by atoms with E-state index in [4.69, 9.17) is 5.11 Å². The van der Waals surface area contributed by atoms with Crippen molar-refractivity contribution in [2.45, 2.75) is 33.4 Å². The van der Waals surface area contributed by atoms with Crippen LogP contribution in [0.3, 0.4) is 0 Å². The number of amides is 1. The van der Waals surface area contributed by atoms with Crippen molar-refractivity contribution in [3.05, 3.63) is 29.8 Å². The van der Waals surface area contributed by atoms with E-state index >= 15 is 0 Å². The number of rotatable bonds is 5. The first kappa shape index (κ1) is 14.8. The second kappa shape index (κ2) is 5.78. The molecule has 21 heavy (non-hydrogen) atoms. The van der Waals surface area contributed by atoms with Crippen LogP contribution < -0.4 is 5.32 Å². The third-order valence-electron chi connectivity index (χ3n) is 2.88. The number of nitrogens with one attached hydrogen (secondary N) is 1. The number of anilines is 1. The van der Waals surface area contributed by atoms with Crippen molar-refractivity contribution in [1.82, 2.24) is 19.6 Å². The van der Waals surface area contributed by atoms with Gasteiger partial charge in [-0.1, -0.05) is 0 Å². The number of nitrogens with zero attached hydrogens (tertiary/aromatic N) is 4. The Morgan fingerprint density at radius 2 is 2.10 bits per heavy atom. The number of aromatic nitrogens is 4. The Balaban J connectivity index is 2.11. The van der Waals surface area contributed by atoms with E-state index in [0.29, 0.717) is 16.9 Å². The lowest BCUT2D eigenvalue weighted by Crippen LogP contribution is -2.12. The molecule has 0 spiro atoms. The predicted molar refractivity (Wildman–Crippen MR) is 75.2 cm³/mol. The summed E-state index contributed by atoms with van der Waals surface area (Å²) >= 11 is 0. The molecule has 2 rings (SSSR count). The average molecular weight is 291 g/mol. The zero-order valence-electron chi connectivity index (χ0n) is 12.1. The van der Waals surface area contributed by atoms with Gasteiger partial charge >= 0.3 is 5.97 Å². The first-order valence-corrected chi connectivity index (χ1v) is 6.48. The number of carboxylic acid groups (broad SMARTS) is 1. The summed E-state index contributed by atoms with van der Waals surface area (Å²) in [6.07, 6.45) is 4.56. The largest absolute Gasteiger partial charge is 0.480 e. The first-order chi connectivity index (χ1) is 9.86. The summed E-state index contributed by atoms with van der Waals surface area (Å²) in [5.74, 6) is -1.29. The Morgan fingerprint density at radius 3 is 2.67 bits per heavy atom. The summed E-state index contributed by atoms with van der Waals surface area (Å²) in [6.45, 7) is 5.47. The molecule has 0 fully saturated rings. The van der Waals surface area contributed by atoms with Gasteiger partial charge in [-0.2, -0.15) is 10.2 Å². The second-order valence-electron chi connectivity index (χ2n) is 4.98. The molecule has 1 amide bonds. The number of carbonyl (C=O) groups excluding carboxylic acids is 1. The molecule has 0 aliphatic heterocycles. The van der Waals surface area contributed by atoms with Gasteiger partial charge in [-0.15, -0.1) is 0 Å². The zero-order chi connectivity index (χ0) is 15.6. The lowest BCUT2D eigenvalue weighted by atomic mass is 10.2. The van der Waals surface area contributed by atoms with Gasteiger partial charge in [0.1, 0.15) is 6.54 Å². The molecule has 8 nitrogen and oxygen atoms in total. The van der Waals surface area contributed by atoms with Gasteiger partial charge in [0.05, 0.1) is 23.1 Å². The van der Waals surface area contributed by atoms with Crippen LogP contribution in [-0.2, 0) is 11.3 Å². The van der Waals surface area contributed by atoms with Crippen LogP contribution in [0.2, 0.25) is 0 Å². The average Bonchev–Trinajstić information content (AvgIpc) is 2.95. The lowest BCUT2D eigenvalue weighted by Gasteiger charge is -2.03. The minimum absolute atomic E-state index is 0.170. The molecule has 0 aliphatic rings. The fraction of sp³-hybridized carbons (Fsp3) is 0.385. The number of hydrogen-bond donors (Lipinski definition) is 2. The molecular weight excluding hydrogens is 274 g/mol. The third kappa shape index (κ3) is 3.47. The maximum atomic E-state index is 12.2. The second-order valence-corrected chi connectivity index (χ2v) is 4.98. The van der Waals surface area contributed by atoms with Gasteiger partial charge in [0.25, 0.3) is 5.91 Å². The maximum Gasteiger partial charge on any atom is 0.325 e. The minimum atomic E-state index is -0.995. The number of carbonyl (C=O) groups is 2. The van der Waals surface area contributed by atoms with Crippen molar-refractivity contribution in [1.29, 1.82) is 0 Å². The van der Waals surface area contributed by atoms with Gasteiger partial charge in [0, 0.05) is 18.4 Å². The monoisotopic (exact) mass is 291 g/mol. The highest BCUT2D eigenvalue weighted by Crippen LogP contribution is 2.13. The Morgan fingerprint density at radius 1 is 1.38 bits per heavy atom. The number of aryl methyl sites for hydroxylation is 1. The first-order valence-electron chi connectivity index (χ1n) is 6.48. The topological polar surface area (TPSA) is 102 Å². The predicted octanol–water partition coefficient (Wildman–Crippen LogP) is 1.31. The summed E-state index contributed by atoms with van der Waals surface area (Å²) in [5, 5.41) is 19.5. The van der Waals surface area contributed by atoms with Crippen LogP contribution in [0, 0.1) is 6.92 Å². The van der Waals surface area contributed by atoms with Crippen molar-refractivity contribution in [3.8, 4) is 0 Å². The van der Waals surface area contributed by atoms with Crippen LogP contribution >= 0.6 is 0 Å². The normalized spacial score (nSPS) is 10.9. The summed E-state index contributed by atoms with van der Waals surface area (Å²) in [5.41, 5.74) is 1.56. The number of aliphatic carboxylic acids is 1. The molecule has 0 unspecified atom stereocenters. The Labute approximate surface area is 121 Å². The van der Waals surface area contributed by atoms with Gasteiger partial charge in [-0.3, -0.25) is 19.0 Å². The molecule has 8 heteroatoms. The van der Waals surface area contributed by atoms with E-state index in [-0.39, 0.29) is 18.5 Å². The lowest BCUT2D eigenvalue weighted by molar-refractivity contribution is -0.137. The fourth-order valence-corrected chi connectivity index (χ4v) is 1.82. The van der Waals surface area contributed by atoms with Crippen LogP contribution in [0.25, 0.3) is 0 Å². The highest BCUT2D eigenvalue weighted by molar-refractivity contribution is 6.04. The van der Waals surface area contributed by atoms with Gasteiger partial charge in [0.2, 0.25) is 0 Å². The summed E-state index contributed by atoms with van der Waals surface area (Å²) in [7, 11) is 0. The van der Waals surface area contributed by atoms with E-state index in [2.05, 4.69) is 15.5 Å². The molecule has 112 valence electrons. The molecule has 0 radical (unpaired) electrons. The zero-order valence-corrected chi connectivity index (χ0v) is 12.1. The van der Waals surface area contributed by atoms with Crippen molar-refractivity contribution < 1.29 is 14.7 Å². The quantitative estimate of drug-likeness (QED) is 0.864. The van der Waals surface area contributed by atoms with E-state index in [9.17, 15) is 9.59 Å². The Bertz CT molecular complexity index is 671. The van der Waals surface area contributed by atoms with E-state index < -0.39 is 5.97 Å². The Kier molecular flexibility index (Phi) is 4.06. The van der Waals surface area contributed by atoms with E-state index in [1.807, 2.05) is 13.8 Å². The number of carboxylic acids is 1. The van der Waals surface area contributed by atoms with Crippen LogP contribution in [0.1, 0.15) is 35.9 Å². The van der Waals surface area contributed by atoms with Gasteiger partial charge in [-0.25, -0.2) is 0 Å². The van der Waals surface area contributed by atoms with Crippen LogP contribution in [0.5, 0.6) is 0 Å². The molecule has 2 N–H and O–H groups in total. The number of hydrogen-bond acceptors (Lipinski definition) is 4. The van der Waals surface area contributed by atoms with E-state index in [0.717, 1.165) is 0 Å².